The SMILES string of the molecule is CCCCCCC(=O)Nc1ccc(CC(NC(=O)C2CCCN2S(=O)(=O)c2ccccc2)C(=O)O)cc1. The minimum Gasteiger partial charge on any atom is -0.480 e. The monoisotopic (exact) mass is 529 g/mol. The Kier molecular flexibility index (Phi) is 10.2. The van der Waals surface area contributed by atoms with Gasteiger partial charge < -0.3 is 15.7 Å². The van der Waals surface area contributed by atoms with E-state index in [1.54, 1.807) is 42.5 Å². The van der Waals surface area contributed by atoms with Crippen molar-refractivity contribution < 1.29 is 27.9 Å². The first-order valence-electron chi connectivity index (χ1n) is 12.7. The maximum atomic E-state index is 13.1. The summed E-state index contributed by atoms with van der Waals surface area (Å²) in [5.74, 6) is -1.91. The zero-order chi connectivity index (χ0) is 26.8. The molecule has 3 N–H and O–H groups in total. The predicted molar refractivity (Wildman–Crippen MR) is 140 cm³/mol. The molecule has 0 aliphatic carbocycles. The molecule has 1 saturated heterocycles. The van der Waals surface area contributed by atoms with Crippen LogP contribution in [0.25, 0.3) is 0 Å². The molecule has 1 fully saturated rings. The van der Waals surface area contributed by atoms with Crippen LogP contribution >= 0.6 is 0 Å². The van der Waals surface area contributed by atoms with Crippen molar-refractivity contribution in [3.05, 3.63) is 60.2 Å². The lowest BCUT2D eigenvalue weighted by molar-refractivity contribution is -0.142. The number of nitrogens with one attached hydrogen (secondary N) is 2. The van der Waals surface area contributed by atoms with E-state index < -0.39 is 34.0 Å². The van der Waals surface area contributed by atoms with Crippen LogP contribution in [-0.2, 0) is 30.8 Å². The Morgan fingerprint density at radius 3 is 2.38 bits per heavy atom. The van der Waals surface area contributed by atoms with Crippen molar-refractivity contribution in [2.45, 2.75) is 75.3 Å². The van der Waals surface area contributed by atoms with Gasteiger partial charge in [0.1, 0.15) is 12.1 Å². The third-order valence-electron chi connectivity index (χ3n) is 6.41. The van der Waals surface area contributed by atoms with Crippen LogP contribution in [0, 0.1) is 0 Å². The maximum Gasteiger partial charge on any atom is 0.326 e. The topological polar surface area (TPSA) is 133 Å². The molecule has 0 spiro atoms. The average molecular weight is 530 g/mol. The summed E-state index contributed by atoms with van der Waals surface area (Å²) in [4.78, 5) is 37.1. The van der Waals surface area contributed by atoms with Crippen molar-refractivity contribution in [3.63, 3.8) is 0 Å². The molecule has 2 atom stereocenters. The number of hydrogen-bond donors (Lipinski definition) is 3. The summed E-state index contributed by atoms with van der Waals surface area (Å²) in [6.07, 6.45) is 5.35. The number of carbonyl (C=O) groups is 3. The fraction of sp³-hybridized carbons (Fsp3) is 0.444. The predicted octanol–water partition coefficient (Wildman–Crippen LogP) is 3.56. The molecule has 1 aliphatic rings. The van der Waals surface area contributed by atoms with Gasteiger partial charge in [-0.05, 0) is 49.1 Å². The number of anilines is 1. The number of nitrogens with zero attached hydrogens (tertiary/aromatic N) is 1. The van der Waals surface area contributed by atoms with E-state index in [1.165, 1.54) is 12.1 Å². The van der Waals surface area contributed by atoms with E-state index in [9.17, 15) is 27.9 Å². The highest BCUT2D eigenvalue weighted by atomic mass is 32.2. The van der Waals surface area contributed by atoms with Gasteiger partial charge in [-0.25, -0.2) is 13.2 Å². The molecule has 1 heterocycles. The van der Waals surface area contributed by atoms with Crippen molar-refractivity contribution in [1.82, 2.24) is 9.62 Å². The molecule has 37 heavy (non-hydrogen) atoms. The summed E-state index contributed by atoms with van der Waals surface area (Å²) in [7, 11) is -3.88. The molecule has 9 nitrogen and oxygen atoms in total. The van der Waals surface area contributed by atoms with E-state index in [2.05, 4.69) is 17.6 Å². The van der Waals surface area contributed by atoms with E-state index in [1.807, 2.05) is 0 Å². The second-order valence-electron chi connectivity index (χ2n) is 9.25. The number of benzene rings is 2. The van der Waals surface area contributed by atoms with Gasteiger partial charge in [-0.3, -0.25) is 9.59 Å². The summed E-state index contributed by atoms with van der Waals surface area (Å²) in [5, 5.41) is 15.1. The summed E-state index contributed by atoms with van der Waals surface area (Å²) in [6, 6.07) is 12.5. The van der Waals surface area contributed by atoms with Crippen molar-refractivity contribution in [2.24, 2.45) is 0 Å². The molecule has 2 amide bonds. The summed E-state index contributed by atoms with van der Waals surface area (Å²) >= 11 is 0. The lowest BCUT2D eigenvalue weighted by Gasteiger charge is -2.25. The number of carbonyl (C=O) groups excluding carboxylic acids is 2. The summed E-state index contributed by atoms with van der Waals surface area (Å²) in [6.45, 7) is 2.31. The highest BCUT2D eigenvalue weighted by molar-refractivity contribution is 7.89. The van der Waals surface area contributed by atoms with Crippen LogP contribution in [-0.4, -0.2) is 54.2 Å². The van der Waals surface area contributed by atoms with Gasteiger partial charge in [0.05, 0.1) is 4.90 Å². The minimum atomic E-state index is -3.88. The third-order valence-corrected chi connectivity index (χ3v) is 8.33. The molecule has 200 valence electrons. The van der Waals surface area contributed by atoms with Crippen molar-refractivity contribution in [3.8, 4) is 0 Å². The van der Waals surface area contributed by atoms with Gasteiger partial charge in [0.25, 0.3) is 0 Å². The normalized spacial score (nSPS) is 16.7. The Morgan fingerprint density at radius 1 is 1.03 bits per heavy atom. The van der Waals surface area contributed by atoms with E-state index in [-0.39, 0.29) is 23.8 Å². The van der Waals surface area contributed by atoms with E-state index in [4.69, 9.17) is 0 Å². The Balaban J connectivity index is 1.60. The van der Waals surface area contributed by atoms with Gasteiger partial charge in [0.2, 0.25) is 21.8 Å². The first kappa shape index (κ1) is 28.3. The molecule has 0 radical (unpaired) electrons. The van der Waals surface area contributed by atoms with E-state index in [0.717, 1.165) is 30.0 Å². The molecule has 0 bridgehead atoms. The maximum absolute atomic E-state index is 13.1. The molecular weight excluding hydrogens is 494 g/mol. The number of carboxylic acid groups (broad SMARTS) is 1. The van der Waals surface area contributed by atoms with Crippen LogP contribution in [0.1, 0.15) is 57.4 Å². The first-order valence-corrected chi connectivity index (χ1v) is 14.1. The lowest BCUT2D eigenvalue weighted by Crippen LogP contribution is -2.51. The largest absolute Gasteiger partial charge is 0.480 e. The average Bonchev–Trinajstić information content (AvgIpc) is 3.39. The number of rotatable bonds is 13. The van der Waals surface area contributed by atoms with Crippen LogP contribution in [0.2, 0.25) is 0 Å². The smallest absolute Gasteiger partial charge is 0.326 e. The van der Waals surface area contributed by atoms with Crippen LogP contribution in [0.5, 0.6) is 0 Å². The van der Waals surface area contributed by atoms with Crippen molar-refractivity contribution in [2.75, 3.05) is 11.9 Å². The lowest BCUT2D eigenvalue weighted by atomic mass is 10.0. The van der Waals surface area contributed by atoms with E-state index >= 15 is 0 Å². The van der Waals surface area contributed by atoms with Crippen LogP contribution in [0.15, 0.2) is 59.5 Å². The summed E-state index contributed by atoms with van der Waals surface area (Å²) in [5.41, 5.74) is 1.28. The van der Waals surface area contributed by atoms with Crippen LogP contribution in [0.4, 0.5) is 5.69 Å². The minimum absolute atomic E-state index is 0.0183. The molecule has 2 aromatic carbocycles. The fourth-order valence-corrected chi connectivity index (χ4v) is 6.06. The highest BCUT2D eigenvalue weighted by Gasteiger charge is 2.40. The quantitative estimate of drug-likeness (QED) is 0.340. The van der Waals surface area contributed by atoms with Crippen LogP contribution in [0.3, 0.4) is 0 Å². The number of amides is 2. The van der Waals surface area contributed by atoms with Gasteiger partial charge in [0.15, 0.2) is 0 Å². The molecule has 1 aliphatic heterocycles. The molecule has 10 heteroatoms. The standard InChI is InChI=1S/C27H35N3O6S/c1-2-3-4-8-13-25(31)28-21-16-14-20(15-17-21)19-23(27(33)34)29-26(32)24-12-9-18-30(24)37(35,36)22-10-6-5-7-11-22/h5-7,10-11,14-17,23-24H,2-4,8-9,12-13,18-19H2,1H3,(H,28,31)(H,29,32)(H,33,34). The van der Waals surface area contributed by atoms with Gasteiger partial charge >= 0.3 is 5.97 Å². The van der Waals surface area contributed by atoms with E-state index in [0.29, 0.717) is 30.5 Å². The zero-order valence-corrected chi connectivity index (χ0v) is 21.9. The molecule has 2 aromatic rings. The zero-order valence-electron chi connectivity index (χ0n) is 21.1. The first-order chi connectivity index (χ1) is 17.7. The Labute approximate surface area is 218 Å². The molecule has 3 rings (SSSR count). The number of aliphatic carboxylic acids is 1. The van der Waals surface area contributed by atoms with Gasteiger partial charge in [0, 0.05) is 25.1 Å². The van der Waals surface area contributed by atoms with Gasteiger partial charge in [-0.15, -0.1) is 0 Å². The molecular formula is C27H35N3O6S. The van der Waals surface area contributed by atoms with Gasteiger partial charge in [-0.1, -0.05) is 56.5 Å². The number of hydrogen-bond acceptors (Lipinski definition) is 5. The number of carboxylic acids is 1. The van der Waals surface area contributed by atoms with Gasteiger partial charge in [-0.2, -0.15) is 4.31 Å². The Morgan fingerprint density at radius 2 is 1.73 bits per heavy atom. The number of sulfonamides is 1. The summed E-state index contributed by atoms with van der Waals surface area (Å²) < 4.78 is 27.3. The van der Waals surface area contributed by atoms with Crippen molar-refractivity contribution >= 4 is 33.5 Å². The molecule has 2 unspecified atom stereocenters. The second-order valence-corrected chi connectivity index (χ2v) is 11.1. The number of unbranched alkanes of at least 4 members (excludes halogenated alkanes) is 3. The van der Waals surface area contributed by atoms with Crippen LogP contribution < -0.4 is 10.6 Å². The fourth-order valence-electron chi connectivity index (χ4n) is 4.38. The highest BCUT2D eigenvalue weighted by Crippen LogP contribution is 2.26. The molecule has 0 saturated carbocycles. The molecule has 0 aromatic heterocycles. The second kappa shape index (κ2) is 13.3. The van der Waals surface area contributed by atoms with Crippen molar-refractivity contribution in [1.29, 1.82) is 0 Å². The third kappa shape index (κ3) is 7.87. The Hall–Kier alpha value is -3.24. The Bertz CT molecular complexity index is 1170.